The molecule has 0 atom stereocenters. The fraction of sp³-hybridized carbons (Fsp3) is 0.929. The van der Waals surface area contributed by atoms with Crippen molar-refractivity contribution in [1.29, 1.82) is 0 Å². The molecular weight excluding hydrogens is 294 g/mol. The quantitative estimate of drug-likeness (QED) is 0.743. The van der Waals surface area contributed by atoms with Crippen LogP contribution in [0.15, 0.2) is 0 Å². The van der Waals surface area contributed by atoms with E-state index in [2.05, 4.69) is 0 Å². The van der Waals surface area contributed by atoms with Gasteiger partial charge in [0.2, 0.25) is 0 Å². The number of rotatable bonds is 4. The van der Waals surface area contributed by atoms with Crippen molar-refractivity contribution in [3.63, 3.8) is 0 Å². The minimum Gasteiger partial charge on any atom is -0.444 e. The lowest BCUT2D eigenvalue weighted by Gasteiger charge is -2.35. The van der Waals surface area contributed by atoms with Crippen LogP contribution in [0.4, 0.5) is 4.79 Å². The minimum absolute atomic E-state index is 0.148. The summed E-state index contributed by atoms with van der Waals surface area (Å²) in [5.74, 6) is 0.239. The molecule has 1 rings (SSSR count). The van der Waals surface area contributed by atoms with Gasteiger partial charge in [-0.1, -0.05) is 0 Å². The predicted molar refractivity (Wildman–Crippen MR) is 80.5 cm³/mol. The molecule has 0 unspecified atom stereocenters. The number of amides is 1. The Morgan fingerprint density at radius 2 is 1.71 bits per heavy atom. The summed E-state index contributed by atoms with van der Waals surface area (Å²) in [5.41, 5.74) is -0.494. The van der Waals surface area contributed by atoms with Crippen molar-refractivity contribution >= 4 is 16.2 Å². The number of hydrogen-bond acceptors (Lipinski definition) is 5. The number of carbonyl (C=O) groups excluding carboxylic acids is 1. The summed E-state index contributed by atoms with van der Waals surface area (Å²) in [6, 6.07) is 0.148. The number of nitrogens with zero attached hydrogens (tertiary/aromatic N) is 1. The van der Waals surface area contributed by atoms with Crippen LogP contribution in [0.25, 0.3) is 0 Å². The van der Waals surface area contributed by atoms with Crippen LogP contribution in [0, 0.1) is 5.92 Å². The molecule has 1 aliphatic carbocycles. The molecule has 0 aliphatic heterocycles. The van der Waals surface area contributed by atoms with Crippen molar-refractivity contribution in [2.45, 2.75) is 58.1 Å². The summed E-state index contributed by atoms with van der Waals surface area (Å²) in [6.45, 7) is 5.77. The Kier molecular flexibility index (Phi) is 6.04. The van der Waals surface area contributed by atoms with Crippen LogP contribution in [0.3, 0.4) is 0 Å². The Bertz CT molecular complexity index is 446. The molecule has 0 aromatic carbocycles. The van der Waals surface area contributed by atoms with E-state index in [9.17, 15) is 13.2 Å². The maximum atomic E-state index is 12.0. The summed E-state index contributed by atoms with van der Waals surface area (Å²) in [4.78, 5) is 13.6. The van der Waals surface area contributed by atoms with Crippen molar-refractivity contribution in [3.8, 4) is 0 Å². The maximum absolute atomic E-state index is 12.0. The van der Waals surface area contributed by atoms with Crippen molar-refractivity contribution in [2.24, 2.45) is 5.92 Å². The highest BCUT2D eigenvalue weighted by Gasteiger charge is 2.29. The van der Waals surface area contributed by atoms with Crippen molar-refractivity contribution in [3.05, 3.63) is 0 Å². The van der Waals surface area contributed by atoms with Gasteiger partial charge in [-0.25, -0.2) is 4.79 Å². The molecule has 1 saturated carbocycles. The number of ether oxygens (including phenoxy) is 1. The summed E-state index contributed by atoms with van der Waals surface area (Å²) in [7, 11) is -1.62. The van der Waals surface area contributed by atoms with Crippen molar-refractivity contribution < 1.29 is 22.1 Å². The molecule has 0 bridgehead atoms. The third-order valence-corrected chi connectivity index (χ3v) is 4.13. The lowest BCUT2D eigenvalue weighted by atomic mass is 9.86. The van der Waals surface area contributed by atoms with E-state index in [0.717, 1.165) is 31.9 Å². The molecule has 0 radical (unpaired) electrons. The Morgan fingerprint density at radius 3 is 2.14 bits per heavy atom. The molecule has 124 valence electrons. The molecule has 1 amide bonds. The standard InChI is InChI=1S/C14H27NO5S/c1-14(2,3)20-13(16)15(4)12-8-6-11(7-9-12)10-19-21(5,17)18/h11-12H,6-10H2,1-5H3. The van der Waals surface area contributed by atoms with Crippen molar-refractivity contribution in [1.82, 2.24) is 4.90 Å². The molecule has 21 heavy (non-hydrogen) atoms. The van der Waals surface area contributed by atoms with E-state index < -0.39 is 15.7 Å². The second-order valence-corrected chi connectivity index (χ2v) is 8.40. The highest BCUT2D eigenvalue weighted by Crippen LogP contribution is 2.28. The third-order valence-electron chi connectivity index (χ3n) is 3.56. The van der Waals surface area contributed by atoms with Gasteiger partial charge in [0, 0.05) is 13.1 Å². The third kappa shape index (κ3) is 7.13. The van der Waals surface area contributed by atoms with E-state index in [1.807, 2.05) is 20.8 Å². The van der Waals surface area contributed by atoms with Crippen LogP contribution in [0.5, 0.6) is 0 Å². The fourth-order valence-electron chi connectivity index (χ4n) is 2.40. The van der Waals surface area contributed by atoms with Gasteiger partial charge in [-0.15, -0.1) is 0 Å². The van der Waals surface area contributed by atoms with Gasteiger partial charge in [0.05, 0.1) is 12.9 Å². The molecule has 0 aromatic rings. The van der Waals surface area contributed by atoms with Crippen LogP contribution in [0.1, 0.15) is 46.5 Å². The molecule has 6 nitrogen and oxygen atoms in total. The lowest BCUT2D eigenvalue weighted by Crippen LogP contribution is -2.42. The van der Waals surface area contributed by atoms with E-state index in [1.54, 1.807) is 11.9 Å². The highest BCUT2D eigenvalue weighted by molar-refractivity contribution is 7.85. The first-order chi connectivity index (χ1) is 9.48. The van der Waals surface area contributed by atoms with Crippen LogP contribution in [-0.4, -0.2) is 51.0 Å². The Morgan fingerprint density at radius 1 is 1.19 bits per heavy atom. The van der Waals surface area contributed by atoms with Gasteiger partial charge < -0.3 is 9.64 Å². The molecule has 0 heterocycles. The van der Waals surface area contributed by atoms with Gasteiger partial charge in [-0.05, 0) is 52.4 Å². The first-order valence-corrected chi connectivity index (χ1v) is 9.10. The fourth-order valence-corrected chi connectivity index (χ4v) is 2.84. The van der Waals surface area contributed by atoms with Gasteiger partial charge in [0.1, 0.15) is 5.60 Å². The zero-order chi connectivity index (χ0) is 16.3. The van der Waals surface area contributed by atoms with Gasteiger partial charge in [-0.3, -0.25) is 4.18 Å². The van der Waals surface area contributed by atoms with E-state index in [1.165, 1.54) is 0 Å². The van der Waals surface area contributed by atoms with Crippen molar-refractivity contribution in [2.75, 3.05) is 19.9 Å². The molecule has 0 spiro atoms. The lowest BCUT2D eigenvalue weighted by molar-refractivity contribution is 0.0164. The minimum atomic E-state index is -3.37. The zero-order valence-electron chi connectivity index (χ0n) is 13.6. The number of carbonyl (C=O) groups is 1. The monoisotopic (exact) mass is 321 g/mol. The van der Waals surface area contributed by atoms with Gasteiger partial charge in [0.15, 0.2) is 0 Å². The van der Waals surface area contributed by atoms with E-state index >= 15 is 0 Å². The largest absolute Gasteiger partial charge is 0.444 e. The second kappa shape index (κ2) is 6.96. The first kappa shape index (κ1) is 18.2. The molecule has 0 aromatic heterocycles. The zero-order valence-corrected chi connectivity index (χ0v) is 14.4. The van der Waals surface area contributed by atoms with Gasteiger partial charge in [0.25, 0.3) is 10.1 Å². The van der Waals surface area contributed by atoms with E-state index in [0.29, 0.717) is 0 Å². The summed E-state index contributed by atoms with van der Waals surface area (Å²) >= 11 is 0. The summed E-state index contributed by atoms with van der Waals surface area (Å²) in [6.07, 6.45) is 4.15. The van der Waals surface area contributed by atoms with Crippen LogP contribution < -0.4 is 0 Å². The highest BCUT2D eigenvalue weighted by atomic mass is 32.2. The van der Waals surface area contributed by atoms with E-state index in [-0.39, 0.29) is 24.7 Å². The normalized spacial score (nSPS) is 23.7. The SMILES string of the molecule is CN(C(=O)OC(C)(C)C)C1CCC(COS(C)(=O)=O)CC1. The molecular formula is C14H27NO5S. The summed E-state index contributed by atoms with van der Waals surface area (Å²) < 4.78 is 32.2. The topological polar surface area (TPSA) is 72.9 Å². The molecule has 7 heteroatoms. The van der Waals surface area contributed by atoms with Crippen LogP contribution in [-0.2, 0) is 19.0 Å². The first-order valence-electron chi connectivity index (χ1n) is 7.28. The van der Waals surface area contributed by atoms with Gasteiger partial charge >= 0.3 is 6.09 Å². The van der Waals surface area contributed by atoms with E-state index in [4.69, 9.17) is 8.92 Å². The molecule has 1 fully saturated rings. The molecule has 1 aliphatic rings. The van der Waals surface area contributed by atoms with Crippen LogP contribution in [0.2, 0.25) is 0 Å². The average Bonchev–Trinajstić information content (AvgIpc) is 2.33. The Balaban J connectivity index is 2.40. The maximum Gasteiger partial charge on any atom is 0.410 e. The predicted octanol–water partition coefficient (Wildman–Crippen LogP) is 2.39. The smallest absolute Gasteiger partial charge is 0.410 e. The molecule has 0 N–H and O–H groups in total. The Labute approximate surface area is 127 Å². The average molecular weight is 321 g/mol. The second-order valence-electron chi connectivity index (χ2n) is 6.75. The number of hydrogen-bond donors (Lipinski definition) is 0. The molecule has 0 saturated heterocycles. The summed E-state index contributed by atoms with van der Waals surface area (Å²) in [5, 5.41) is 0. The van der Waals surface area contributed by atoms with Crippen LogP contribution >= 0.6 is 0 Å². The Hall–Kier alpha value is -0.820. The van der Waals surface area contributed by atoms with Gasteiger partial charge in [-0.2, -0.15) is 8.42 Å².